The number of benzene rings is 1. The van der Waals surface area contributed by atoms with Crippen LogP contribution in [-0.4, -0.2) is 37.9 Å². The van der Waals surface area contributed by atoms with E-state index in [4.69, 9.17) is 13.9 Å². The Labute approximate surface area is 130 Å². The number of methoxy groups -OCH3 is 1. The molecule has 0 bridgehead atoms. The van der Waals surface area contributed by atoms with Gasteiger partial charge in [-0.15, -0.1) is 0 Å². The largest absolute Gasteiger partial charge is 0.497 e. The van der Waals surface area contributed by atoms with E-state index in [1.807, 2.05) is 18.2 Å². The summed E-state index contributed by atoms with van der Waals surface area (Å²) in [4.78, 5) is 6.90. The standard InChI is InChI=1S/C17H22N2O3/c1-3-21-13-9-17(10-13)6-7-19(11-17)16-18-14-8-12(20-2)4-5-15(14)22-16/h4-5,8,13H,3,6-7,9-11H2,1-2H3. The van der Waals surface area contributed by atoms with Gasteiger partial charge < -0.3 is 18.8 Å². The summed E-state index contributed by atoms with van der Waals surface area (Å²) in [6.07, 6.45) is 4.01. The number of anilines is 1. The zero-order valence-corrected chi connectivity index (χ0v) is 13.2. The van der Waals surface area contributed by atoms with Crippen LogP contribution in [0, 0.1) is 5.41 Å². The van der Waals surface area contributed by atoms with Gasteiger partial charge in [0.1, 0.15) is 11.3 Å². The molecule has 0 atom stereocenters. The van der Waals surface area contributed by atoms with Crippen molar-refractivity contribution in [3.05, 3.63) is 18.2 Å². The Hall–Kier alpha value is -1.75. The van der Waals surface area contributed by atoms with E-state index in [9.17, 15) is 0 Å². The first kappa shape index (κ1) is 13.9. The van der Waals surface area contributed by atoms with E-state index in [-0.39, 0.29) is 0 Å². The van der Waals surface area contributed by atoms with Crippen molar-refractivity contribution < 1.29 is 13.9 Å². The predicted octanol–water partition coefficient (Wildman–Crippen LogP) is 3.23. The van der Waals surface area contributed by atoms with Crippen molar-refractivity contribution in [2.24, 2.45) is 5.41 Å². The third-order valence-electron chi connectivity index (χ3n) is 5.02. The minimum absolute atomic E-state index is 0.415. The molecule has 1 aliphatic heterocycles. The van der Waals surface area contributed by atoms with E-state index in [1.165, 1.54) is 19.3 Å². The Bertz CT molecular complexity index is 676. The van der Waals surface area contributed by atoms with Crippen molar-refractivity contribution >= 4 is 17.1 Å². The number of oxazole rings is 1. The highest BCUT2D eigenvalue weighted by molar-refractivity contribution is 5.76. The quantitative estimate of drug-likeness (QED) is 0.868. The van der Waals surface area contributed by atoms with Gasteiger partial charge in [-0.2, -0.15) is 4.98 Å². The molecule has 0 unspecified atom stereocenters. The van der Waals surface area contributed by atoms with Crippen LogP contribution in [0.1, 0.15) is 26.2 Å². The summed E-state index contributed by atoms with van der Waals surface area (Å²) in [6, 6.07) is 6.48. The SMILES string of the molecule is CCOC1CC2(CCN(c3nc4cc(OC)ccc4o3)C2)C1. The maximum absolute atomic E-state index is 5.92. The second kappa shape index (κ2) is 5.16. The average Bonchev–Trinajstić information content (AvgIpc) is 3.09. The lowest BCUT2D eigenvalue weighted by atomic mass is 9.66. The molecule has 22 heavy (non-hydrogen) atoms. The third kappa shape index (κ3) is 2.24. The fourth-order valence-electron chi connectivity index (χ4n) is 3.85. The van der Waals surface area contributed by atoms with Gasteiger partial charge in [0.2, 0.25) is 0 Å². The topological polar surface area (TPSA) is 47.7 Å². The molecule has 5 heteroatoms. The zero-order valence-electron chi connectivity index (χ0n) is 13.2. The second-order valence-corrected chi connectivity index (χ2v) is 6.49. The molecule has 1 saturated carbocycles. The summed E-state index contributed by atoms with van der Waals surface area (Å²) in [5.74, 6) is 0.809. The molecule has 1 aliphatic carbocycles. The number of ether oxygens (including phenoxy) is 2. The van der Waals surface area contributed by atoms with Crippen LogP contribution in [0.5, 0.6) is 5.75 Å². The van der Waals surface area contributed by atoms with Crippen LogP contribution in [0.15, 0.2) is 22.6 Å². The normalized spacial score (nSPS) is 27.5. The summed E-state index contributed by atoms with van der Waals surface area (Å²) in [7, 11) is 1.66. The summed E-state index contributed by atoms with van der Waals surface area (Å²) >= 11 is 0. The molecule has 1 aromatic heterocycles. The van der Waals surface area contributed by atoms with Crippen molar-refractivity contribution in [1.29, 1.82) is 0 Å². The van der Waals surface area contributed by atoms with Gasteiger partial charge in [0.25, 0.3) is 6.01 Å². The Balaban J connectivity index is 1.49. The Kier molecular flexibility index (Phi) is 3.26. The van der Waals surface area contributed by atoms with Gasteiger partial charge in [-0.1, -0.05) is 0 Å². The average molecular weight is 302 g/mol. The molecule has 0 amide bonds. The van der Waals surface area contributed by atoms with Crippen molar-refractivity contribution in [3.63, 3.8) is 0 Å². The lowest BCUT2D eigenvalue weighted by molar-refractivity contribution is -0.0670. The van der Waals surface area contributed by atoms with Crippen LogP contribution in [0.3, 0.4) is 0 Å². The smallest absolute Gasteiger partial charge is 0.298 e. The number of hydrogen-bond acceptors (Lipinski definition) is 5. The van der Waals surface area contributed by atoms with E-state index in [2.05, 4.69) is 16.8 Å². The molecule has 2 aromatic rings. The van der Waals surface area contributed by atoms with Crippen LogP contribution < -0.4 is 9.64 Å². The van der Waals surface area contributed by atoms with E-state index in [0.717, 1.165) is 42.6 Å². The van der Waals surface area contributed by atoms with E-state index in [0.29, 0.717) is 11.5 Å². The van der Waals surface area contributed by atoms with Gasteiger partial charge in [-0.3, -0.25) is 0 Å². The van der Waals surface area contributed by atoms with Gasteiger partial charge in [-0.25, -0.2) is 0 Å². The second-order valence-electron chi connectivity index (χ2n) is 6.49. The van der Waals surface area contributed by atoms with Crippen LogP contribution in [0.4, 0.5) is 6.01 Å². The van der Waals surface area contributed by atoms with Crippen molar-refractivity contribution in [1.82, 2.24) is 4.98 Å². The maximum Gasteiger partial charge on any atom is 0.298 e. The number of nitrogens with zero attached hydrogens (tertiary/aromatic N) is 2. The Morgan fingerprint density at radius 3 is 3.05 bits per heavy atom. The minimum Gasteiger partial charge on any atom is -0.497 e. The molecule has 1 spiro atoms. The first-order valence-corrected chi connectivity index (χ1v) is 8.02. The van der Waals surface area contributed by atoms with Crippen LogP contribution >= 0.6 is 0 Å². The van der Waals surface area contributed by atoms with Gasteiger partial charge in [0, 0.05) is 25.8 Å². The first-order chi connectivity index (χ1) is 10.7. The molecule has 2 heterocycles. The highest BCUT2D eigenvalue weighted by Crippen LogP contribution is 2.50. The Morgan fingerprint density at radius 2 is 2.27 bits per heavy atom. The molecule has 118 valence electrons. The van der Waals surface area contributed by atoms with Gasteiger partial charge >= 0.3 is 0 Å². The van der Waals surface area contributed by atoms with Crippen LogP contribution in [0.2, 0.25) is 0 Å². The molecule has 1 aromatic carbocycles. The highest BCUT2D eigenvalue weighted by atomic mass is 16.5. The highest BCUT2D eigenvalue weighted by Gasteiger charge is 2.49. The Morgan fingerprint density at radius 1 is 1.41 bits per heavy atom. The number of hydrogen-bond donors (Lipinski definition) is 0. The molecular weight excluding hydrogens is 280 g/mol. The van der Waals surface area contributed by atoms with Gasteiger partial charge in [-0.05, 0) is 43.7 Å². The van der Waals surface area contributed by atoms with E-state index < -0.39 is 0 Å². The fourth-order valence-corrected chi connectivity index (χ4v) is 3.85. The third-order valence-corrected chi connectivity index (χ3v) is 5.02. The van der Waals surface area contributed by atoms with Gasteiger partial charge in [0.15, 0.2) is 5.58 Å². The molecule has 4 rings (SSSR count). The molecule has 5 nitrogen and oxygen atoms in total. The monoisotopic (exact) mass is 302 g/mol. The number of aromatic nitrogens is 1. The lowest BCUT2D eigenvalue weighted by Gasteiger charge is -2.44. The molecular formula is C17H22N2O3. The summed E-state index contributed by atoms with van der Waals surface area (Å²) in [6.45, 7) is 4.93. The fraction of sp³-hybridized carbons (Fsp3) is 0.588. The summed E-state index contributed by atoms with van der Waals surface area (Å²) in [5.41, 5.74) is 2.09. The molecule has 0 radical (unpaired) electrons. The van der Waals surface area contributed by atoms with Crippen LogP contribution in [0.25, 0.3) is 11.1 Å². The molecule has 0 N–H and O–H groups in total. The van der Waals surface area contributed by atoms with E-state index >= 15 is 0 Å². The maximum atomic E-state index is 5.92. The molecule has 2 fully saturated rings. The minimum atomic E-state index is 0.415. The zero-order chi connectivity index (χ0) is 15.2. The number of fused-ring (bicyclic) bond motifs is 1. The van der Waals surface area contributed by atoms with Crippen LogP contribution in [-0.2, 0) is 4.74 Å². The van der Waals surface area contributed by atoms with Gasteiger partial charge in [0.05, 0.1) is 13.2 Å². The lowest BCUT2D eigenvalue weighted by Crippen LogP contribution is -2.44. The summed E-state index contributed by atoms with van der Waals surface area (Å²) < 4.78 is 16.9. The van der Waals surface area contributed by atoms with E-state index in [1.54, 1.807) is 7.11 Å². The predicted molar refractivity (Wildman–Crippen MR) is 84.5 cm³/mol. The summed E-state index contributed by atoms with van der Waals surface area (Å²) in [5, 5.41) is 0. The molecule has 2 aliphatic rings. The molecule has 1 saturated heterocycles. The van der Waals surface area contributed by atoms with Crippen molar-refractivity contribution in [2.45, 2.75) is 32.3 Å². The van der Waals surface area contributed by atoms with Crippen molar-refractivity contribution in [2.75, 3.05) is 31.7 Å². The van der Waals surface area contributed by atoms with Crippen molar-refractivity contribution in [3.8, 4) is 5.75 Å². The first-order valence-electron chi connectivity index (χ1n) is 8.02. The number of rotatable bonds is 4.